The highest BCUT2D eigenvalue weighted by Crippen LogP contribution is 1.96. The molecule has 1 aliphatic rings. The maximum atomic E-state index is 9.65. The number of hydrogen-bond donors (Lipinski definition) is 1. The van der Waals surface area contributed by atoms with E-state index in [1.54, 1.807) is 6.21 Å². The molecule has 0 saturated heterocycles. The molecule has 0 aromatic rings. The lowest BCUT2D eigenvalue weighted by molar-refractivity contribution is -0.200. The standard InChI is InChI=1S/C4H7N3O2/c8-4-6-9-7-3-1-2-5-7/h2,4H,1,3H2,(H,6,8). The molecule has 0 aliphatic carbocycles. The number of nitrogens with one attached hydrogen (secondary N) is 1. The van der Waals surface area contributed by atoms with Gasteiger partial charge in [0.15, 0.2) is 0 Å². The van der Waals surface area contributed by atoms with E-state index in [2.05, 4.69) is 10.0 Å². The van der Waals surface area contributed by atoms with Gasteiger partial charge < -0.3 is 0 Å². The molecular weight excluding hydrogens is 122 g/mol. The average Bonchev–Trinajstić information content (AvgIpc) is 2.34. The molecule has 9 heavy (non-hydrogen) atoms. The van der Waals surface area contributed by atoms with E-state index in [9.17, 15) is 4.79 Å². The number of hydrogen-bond acceptors (Lipinski definition) is 4. The van der Waals surface area contributed by atoms with Crippen LogP contribution in [0, 0.1) is 0 Å². The Morgan fingerprint density at radius 2 is 2.78 bits per heavy atom. The minimum Gasteiger partial charge on any atom is -0.277 e. The number of rotatable bonds is 3. The number of carbonyl (C=O) groups excluding carboxylic acids is 1. The minimum absolute atomic E-state index is 0.452. The lowest BCUT2D eigenvalue weighted by Crippen LogP contribution is -2.24. The first-order valence-corrected chi connectivity index (χ1v) is 2.59. The summed E-state index contributed by atoms with van der Waals surface area (Å²) in [7, 11) is 0. The Hall–Kier alpha value is -1.10. The fourth-order valence-electron chi connectivity index (χ4n) is 0.526. The first-order chi connectivity index (χ1) is 4.43. The number of hydrazone groups is 1. The molecule has 0 fully saturated rings. The normalized spacial score (nSPS) is 16.2. The molecule has 0 saturated carbocycles. The molecule has 0 atom stereocenters. The summed E-state index contributed by atoms with van der Waals surface area (Å²) in [4.78, 5) is 14.2. The maximum absolute atomic E-state index is 9.65. The van der Waals surface area contributed by atoms with Gasteiger partial charge in [0.1, 0.15) is 0 Å². The average molecular weight is 129 g/mol. The third-order valence-electron chi connectivity index (χ3n) is 0.866. The number of hydroxylamine groups is 2. The van der Waals surface area contributed by atoms with Gasteiger partial charge in [-0.15, -0.1) is 10.1 Å². The predicted octanol–water partition coefficient (Wildman–Crippen LogP) is -0.730. The van der Waals surface area contributed by atoms with E-state index in [1.807, 2.05) is 5.48 Å². The molecule has 50 valence electrons. The fourth-order valence-corrected chi connectivity index (χ4v) is 0.526. The van der Waals surface area contributed by atoms with Crippen LogP contribution in [0.25, 0.3) is 0 Å². The summed E-state index contributed by atoms with van der Waals surface area (Å²) in [6.07, 6.45) is 3.03. The van der Waals surface area contributed by atoms with Crippen LogP contribution in [-0.2, 0) is 9.73 Å². The summed E-state index contributed by atoms with van der Waals surface area (Å²) < 4.78 is 0. The molecule has 1 N–H and O–H groups in total. The van der Waals surface area contributed by atoms with Crippen LogP contribution in [-0.4, -0.2) is 24.3 Å². The molecule has 1 aliphatic heterocycles. The van der Waals surface area contributed by atoms with E-state index < -0.39 is 0 Å². The molecule has 0 aromatic carbocycles. The third-order valence-corrected chi connectivity index (χ3v) is 0.866. The number of nitrogens with zero attached hydrogens (tertiary/aromatic N) is 2. The van der Waals surface area contributed by atoms with Crippen LogP contribution in [0.4, 0.5) is 0 Å². The van der Waals surface area contributed by atoms with Gasteiger partial charge in [0, 0.05) is 12.6 Å². The zero-order valence-corrected chi connectivity index (χ0v) is 4.78. The van der Waals surface area contributed by atoms with Crippen LogP contribution >= 0.6 is 0 Å². The van der Waals surface area contributed by atoms with E-state index in [0.29, 0.717) is 13.0 Å². The van der Waals surface area contributed by atoms with Crippen molar-refractivity contribution in [1.82, 2.24) is 10.7 Å². The minimum atomic E-state index is 0.452. The highest BCUT2D eigenvalue weighted by molar-refractivity contribution is 5.58. The van der Waals surface area contributed by atoms with Crippen LogP contribution in [0.3, 0.4) is 0 Å². The topological polar surface area (TPSA) is 53.9 Å². The fraction of sp³-hybridized carbons (Fsp3) is 0.500. The van der Waals surface area contributed by atoms with E-state index in [0.717, 1.165) is 6.42 Å². The van der Waals surface area contributed by atoms with Gasteiger partial charge in [0.05, 0.1) is 6.54 Å². The molecule has 5 nitrogen and oxygen atoms in total. The summed E-state index contributed by atoms with van der Waals surface area (Å²) in [6.45, 7) is 0.695. The van der Waals surface area contributed by atoms with Crippen LogP contribution < -0.4 is 5.48 Å². The Morgan fingerprint density at radius 3 is 3.33 bits per heavy atom. The van der Waals surface area contributed by atoms with Gasteiger partial charge in [-0.05, 0) is 0 Å². The highest BCUT2D eigenvalue weighted by atomic mass is 16.8. The molecule has 5 heteroatoms. The molecule has 0 spiro atoms. The quantitative estimate of drug-likeness (QED) is 0.403. The van der Waals surface area contributed by atoms with Gasteiger partial charge in [-0.25, -0.2) is 5.48 Å². The molecule has 0 unspecified atom stereocenters. The van der Waals surface area contributed by atoms with E-state index in [-0.39, 0.29) is 0 Å². The largest absolute Gasteiger partial charge is 0.277 e. The Kier molecular flexibility index (Phi) is 2.03. The third kappa shape index (κ3) is 1.69. The van der Waals surface area contributed by atoms with Gasteiger partial charge in [-0.3, -0.25) is 4.79 Å². The van der Waals surface area contributed by atoms with Crippen molar-refractivity contribution in [3.05, 3.63) is 0 Å². The summed E-state index contributed by atoms with van der Waals surface area (Å²) in [5.41, 5.74) is 2.02. The van der Waals surface area contributed by atoms with Crippen LogP contribution in [0.2, 0.25) is 0 Å². The van der Waals surface area contributed by atoms with Crippen molar-refractivity contribution in [2.24, 2.45) is 5.10 Å². The van der Waals surface area contributed by atoms with Gasteiger partial charge in [-0.2, -0.15) is 5.10 Å². The Morgan fingerprint density at radius 1 is 1.89 bits per heavy atom. The SMILES string of the molecule is O=CNON1CCC=N1. The zero-order valence-electron chi connectivity index (χ0n) is 4.78. The molecule has 0 radical (unpaired) electrons. The Bertz CT molecular complexity index is 125. The first-order valence-electron chi connectivity index (χ1n) is 2.59. The predicted molar refractivity (Wildman–Crippen MR) is 30.1 cm³/mol. The van der Waals surface area contributed by atoms with Crippen molar-refractivity contribution in [3.63, 3.8) is 0 Å². The van der Waals surface area contributed by atoms with Crippen molar-refractivity contribution in [2.45, 2.75) is 6.42 Å². The highest BCUT2D eigenvalue weighted by Gasteiger charge is 2.03. The summed E-state index contributed by atoms with van der Waals surface area (Å²) in [5.74, 6) is 0. The van der Waals surface area contributed by atoms with Gasteiger partial charge >= 0.3 is 0 Å². The Labute approximate surface area is 52.2 Å². The second kappa shape index (κ2) is 3.03. The van der Waals surface area contributed by atoms with Gasteiger partial charge in [0.2, 0.25) is 6.41 Å². The van der Waals surface area contributed by atoms with Crippen LogP contribution in [0.1, 0.15) is 6.42 Å². The summed E-state index contributed by atoms with van der Waals surface area (Å²) in [6, 6.07) is 0. The van der Waals surface area contributed by atoms with Crippen molar-refractivity contribution in [1.29, 1.82) is 0 Å². The Balaban J connectivity index is 2.12. The molecule has 0 aromatic heterocycles. The molecule has 0 bridgehead atoms. The molecular formula is C4H7N3O2. The lowest BCUT2D eigenvalue weighted by Gasteiger charge is -2.08. The second-order valence-electron chi connectivity index (χ2n) is 1.49. The lowest BCUT2D eigenvalue weighted by atomic mass is 10.5. The smallest absolute Gasteiger partial charge is 0.232 e. The maximum Gasteiger partial charge on any atom is 0.232 e. The van der Waals surface area contributed by atoms with Gasteiger partial charge in [0.25, 0.3) is 0 Å². The van der Waals surface area contributed by atoms with Gasteiger partial charge in [-0.1, -0.05) is 0 Å². The van der Waals surface area contributed by atoms with Crippen molar-refractivity contribution >= 4 is 12.6 Å². The second-order valence-corrected chi connectivity index (χ2v) is 1.49. The van der Waals surface area contributed by atoms with Crippen molar-refractivity contribution in [2.75, 3.05) is 6.54 Å². The first kappa shape index (κ1) is 6.03. The molecule has 1 heterocycles. The summed E-state index contributed by atoms with van der Waals surface area (Å²) >= 11 is 0. The van der Waals surface area contributed by atoms with E-state index in [1.165, 1.54) is 5.17 Å². The van der Waals surface area contributed by atoms with Crippen molar-refractivity contribution < 1.29 is 9.73 Å². The zero-order chi connectivity index (χ0) is 6.53. The monoisotopic (exact) mass is 129 g/mol. The van der Waals surface area contributed by atoms with Crippen LogP contribution in [0.15, 0.2) is 5.10 Å². The van der Waals surface area contributed by atoms with Crippen molar-refractivity contribution in [3.8, 4) is 0 Å². The number of amides is 1. The number of carbonyl (C=O) groups is 1. The van der Waals surface area contributed by atoms with E-state index in [4.69, 9.17) is 0 Å². The van der Waals surface area contributed by atoms with Crippen LogP contribution in [0.5, 0.6) is 0 Å². The molecule has 1 amide bonds. The molecule has 1 rings (SSSR count). The van der Waals surface area contributed by atoms with E-state index >= 15 is 0 Å². The summed E-state index contributed by atoms with van der Waals surface area (Å²) in [5, 5.41) is 5.04.